The Bertz CT molecular complexity index is 851. The van der Waals surface area contributed by atoms with E-state index in [4.69, 9.17) is 4.98 Å². The zero-order valence-electron chi connectivity index (χ0n) is 13.2. The summed E-state index contributed by atoms with van der Waals surface area (Å²) >= 11 is 0. The second-order valence-electron chi connectivity index (χ2n) is 5.61. The van der Waals surface area contributed by atoms with Crippen LogP contribution in [0.25, 0.3) is 21.9 Å². The molecule has 1 N–H and O–H groups in total. The van der Waals surface area contributed by atoms with Crippen molar-refractivity contribution in [2.45, 2.75) is 40.2 Å². The molecule has 0 aliphatic carbocycles. The van der Waals surface area contributed by atoms with Crippen LogP contribution in [0.3, 0.4) is 0 Å². The Morgan fingerprint density at radius 2 is 2.18 bits per heavy atom. The molecule has 0 radical (unpaired) electrons. The molecule has 0 aliphatic rings. The Morgan fingerprint density at radius 1 is 1.36 bits per heavy atom. The van der Waals surface area contributed by atoms with Gasteiger partial charge in [-0.2, -0.15) is 5.10 Å². The molecule has 0 aliphatic heterocycles. The number of anilines is 1. The van der Waals surface area contributed by atoms with Gasteiger partial charge in [0.25, 0.3) is 0 Å². The minimum atomic E-state index is -0.119. The average molecular weight is 296 g/mol. The molecule has 0 bridgehead atoms. The molecule has 0 fully saturated rings. The van der Waals surface area contributed by atoms with Crippen LogP contribution < -0.4 is 5.32 Å². The van der Waals surface area contributed by atoms with Gasteiger partial charge in [-0.15, -0.1) is 0 Å². The zero-order chi connectivity index (χ0) is 15.7. The fraction of sp³-hybridized carbons (Fsp3) is 0.353. The minimum Gasteiger partial charge on any atom is -0.309 e. The van der Waals surface area contributed by atoms with Crippen molar-refractivity contribution in [2.75, 3.05) is 5.32 Å². The van der Waals surface area contributed by atoms with Crippen LogP contribution in [0.1, 0.15) is 32.3 Å². The fourth-order valence-corrected chi connectivity index (χ4v) is 2.65. The van der Waals surface area contributed by atoms with Gasteiger partial charge < -0.3 is 5.32 Å². The van der Waals surface area contributed by atoms with E-state index in [1.165, 1.54) is 6.92 Å². The largest absolute Gasteiger partial charge is 0.309 e. The van der Waals surface area contributed by atoms with Gasteiger partial charge in [0.05, 0.1) is 10.9 Å². The van der Waals surface area contributed by atoms with Crippen molar-refractivity contribution < 1.29 is 4.79 Å². The molecule has 0 spiro atoms. The van der Waals surface area contributed by atoms with E-state index in [2.05, 4.69) is 36.4 Å². The maximum atomic E-state index is 11.4. The Labute approximate surface area is 129 Å². The minimum absolute atomic E-state index is 0.119. The Morgan fingerprint density at radius 3 is 2.91 bits per heavy atom. The molecule has 5 heteroatoms. The number of benzene rings is 1. The van der Waals surface area contributed by atoms with Crippen molar-refractivity contribution in [3.05, 3.63) is 29.8 Å². The predicted molar refractivity (Wildman–Crippen MR) is 89.0 cm³/mol. The number of unbranched alkanes of at least 4 members (excludes halogenated alkanes) is 1. The number of pyridine rings is 1. The number of aryl methyl sites for hydroxylation is 2. The van der Waals surface area contributed by atoms with Crippen molar-refractivity contribution in [2.24, 2.45) is 0 Å². The van der Waals surface area contributed by atoms with Crippen molar-refractivity contribution in [3.63, 3.8) is 0 Å². The lowest BCUT2D eigenvalue weighted by molar-refractivity contribution is -0.114. The molecular weight excluding hydrogens is 276 g/mol. The number of para-hydroxylation sites is 1. The van der Waals surface area contributed by atoms with Crippen molar-refractivity contribution in [3.8, 4) is 0 Å². The van der Waals surface area contributed by atoms with Crippen molar-refractivity contribution >= 4 is 33.7 Å². The first kappa shape index (κ1) is 14.5. The van der Waals surface area contributed by atoms with E-state index < -0.39 is 0 Å². The van der Waals surface area contributed by atoms with E-state index in [1.807, 2.05) is 16.8 Å². The van der Waals surface area contributed by atoms with E-state index >= 15 is 0 Å². The monoisotopic (exact) mass is 296 g/mol. The van der Waals surface area contributed by atoms with Gasteiger partial charge in [0.1, 0.15) is 0 Å². The number of amides is 1. The van der Waals surface area contributed by atoms with Crippen LogP contribution in [0.4, 0.5) is 5.82 Å². The summed E-state index contributed by atoms with van der Waals surface area (Å²) in [7, 11) is 0. The third-order valence-electron chi connectivity index (χ3n) is 3.77. The Kier molecular flexibility index (Phi) is 3.79. The second-order valence-corrected chi connectivity index (χ2v) is 5.61. The number of rotatable bonds is 4. The third-order valence-corrected chi connectivity index (χ3v) is 3.77. The van der Waals surface area contributed by atoms with Crippen LogP contribution in [0.15, 0.2) is 24.3 Å². The first-order valence-corrected chi connectivity index (χ1v) is 7.64. The summed E-state index contributed by atoms with van der Waals surface area (Å²) in [6.07, 6.45) is 2.12. The molecule has 2 heterocycles. The summed E-state index contributed by atoms with van der Waals surface area (Å²) in [6, 6.07) is 8.18. The lowest BCUT2D eigenvalue weighted by Gasteiger charge is -2.04. The fourth-order valence-electron chi connectivity index (χ4n) is 2.65. The Balaban J connectivity index is 2.25. The van der Waals surface area contributed by atoms with E-state index in [0.717, 1.165) is 46.9 Å². The van der Waals surface area contributed by atoms with Crippen molar-refractivity contribution in [1.29, 1.82) is 0 Å². The summed E-state index contributed by atoms with van der Waals surface area (Å²) in [5.41, 5.74) is 2.96. The second kappa shape index (κ2) is 5.75. The maximum absolute atomic E-state index is 11.4. The van der Waals surface area contributed by atoms with Gasteiger partial charge >= 0.3 is 0 Å². The van der Waals surface area contributed by atoms with E-state index in [-0.39, 0.29) is 5.91 Å². The van der Waals surface area contributed by atoms with Gasteiger partial charge in [-0.25, -0.2) is 9.67 Å². The van der Waals surface area contributed by atoms with Gasteiger partial charge in [-0.1, -0.05) is 31.5 Å². The number of hydrogen-bond acceptors (Lipinski definition) is 3. The summed E-state index contributed by atoms with van der Waals surface area (Å²) in [5.74, 6) is 0.473. The van der Waals surface area contributed by atoms with Gasteiger partial charge in [-0.3, -0.25) is 4.79 Å². The third kappa shape index (κ3) is 2.54. The highest BCUT2D eigenvalue weighted by atomic mass is 16.1. The first-order chi connectivity index (χ1) is 10.6. The van der Waals surface area contributed by atoms with E-state index in [0.29, 0.717) is 5.82 Å². The van der Waals surface area contributed by atoms with Crippen molar-refractivity contribution in [1.82, 2.24) is 14.8 Å². The van der Waals surface area contributed by atoms with Crippen LogP contribution in [0.2, 0.25) is 0 Å². The molecule has 3 rings (SSSR count). The molecule has 3 aromatic rings. The molecule has 0 atom stereocenters. The summed E-state index contributed by atoms with van der Waals surface area (Å²) in [6.45, 7) is 6.50. The number of nitrogens with one attached hydrogen (secondary N) is 1. The molecular formula is C17H20N4O. The zero-order valence-corrected chi connectivity index (χ0v) is 13.2. The molecule has 0 unspecified atom stereocenters. The normalized spacial score (nSPS) is 11.2. The molecule has 114 valence electrons. The van der Waals surface area contributed by atoms with Crippen LogP contribution in [0.5, 0.6) is 0 Å². The highest BCUT2D eigenvalue weighted by molar-refractivity contribution is 6.02. The van der Waals surface area contributed by atoms with E-state index in [9.17, 15) is 4.79 Å². The first-order valence-electron chi connectivity index (χ1n) is 7.64. The van der Waals surface area contributed by atoms with Gasteiger partial charge in [0.15, 0.2) is 11.5 Å². The lowest BCUT2D eigenvalue weighted by Crippen LogP contribution is -2.07. The number of fused-ring (bicyclic) bond motifs is 2. The molecule has 22 heavy (non-hydrogen) atoms. The van der Waals surface area contributed by atoms with Gasteiger partial charge in [0.2, 0.25) is 5.91 Å². The van der Waals surface area contributed by atoms with Crippen LogP contribution in [0, 0.1) is 6.92 Å². The number of nitrogens with zero attached hydrogens (tertiary/aromatic N) is 3. The molecule has 0 saturated carbocycles. The summed E-state index contributed by atoms with van der Waals surface area (Å²) in [5, 5.41) is 9.31. The molecule has 1 aromatic carbocycles. The van der Waals surface area contributed by atoms with Crippen LogP contribution in [-0.4, -0.2) is 20.7 Å². The molecule has 5 nitrogen and oxygen atoms in total. The number of carbonyl (C=O) groups is 1. The topological polar surface area (TPSA) is 59.8 Å². The molecule has 2 aromatic heterocycles. The quantitative estimate of drug-likeness (QED) is 0.799. The SMILES string of the molecule is CCCCn1nc(NC(C)=O)c2cc3cccc(C)c3nc21. The maximum Gasteiger partial charge on any atom is 0.222 e. The predicted octanol–water partition coefficient (Wildman–Crippen LogP) is 3.65. The smallest absolute Gasteiger partial charge is 0.222 e. The number of carbonyl (C=O) groups excluding carboxylic acids is 1. The Hall–Kier alpha value is -2.43. The average Bonchev–Trinajstić information content (AvgIpc) is 2.80. The summed E-state index contributed by atoms with van der Waals surface area (Å²) in [4.78, 5) is 16.2. The van der Waals surface area contributed by atoms with E-state index in [1.54, 1.807) is 0 Å². The number of hydrogen-bond donors (Lipinski definition) is 1. The standard InChI is InChI=1S/C17H20N4O/c1-4-5-9-21-17-14(16(20-21)18-12(3)22)10-13-8-6-7-11(2)15(13)19-17/h6-8,10H,4-5,9H2,1-3H3,(H,18,20,22). The van der Waals surface area contributed by atoms with Crippen LogP contribution in [-0.2, 0) is 11.3 Å². The summed E-state index contributed by atoms with van der Waals surface area (Å²) < 4.78 is 1.90. The van der Waals surface area contributed by atoms with Gasteiger partial charge in [0, 0.05) is 18.9 Å². The molecule has 1 amide bonds. The van der Waals surface area contributed by atoms with Crippen LogP contribution >= 0.6 is 0 Å². The highest BCUT2D eigenvalue weighted by Gasteiger charge is 2.14. The molecule has 0 saturated heterocycles. The highest BCUT2D eigenvalue weighted by Crippen LogP contribution is 2.27. The lowest BCUT2D eigenvalue weighted by atomic mass is 10.1. The van der Waals surface area contributed by atoms with Gasteiger partial charge in [-0.05, 0) is 25.0 Å². The number of aromatic nitrogens is 3.